The zero-order chi connectivity index (χ0) is 18.7. The Labute approximate surface area is 147 Å². The Morgan fingerprint density at radius 2 is 1.76 bits per heavy atom. The van der Waals surface area contributed by atoms with E-state index in [4.69, 9.17) is 0 Å². The van der Waals surface area contributed by atoms with E-state index in [-0.39, 0.29) is 5.75 Å². The van der Waals surface area contributed by atoms with E-state index in [1.165, 1.54) is 12.1 Å². The highest BCUT2D eigenvalue weighted by atomic mass is 19.4. The van der Waals surface area contributed by atoms with Crippen LogP contribution in [0.5, 0.6) is 5.75 Å². The molecule has 1 aromatic carbocycles. The molecule has 0 amide bonds. The Hall–Kier alpha value is -1.96. The first-order valence-electron chi connectivity index (χ1n) is 8.33. The van der Waals surface area contributed by atoms with E-state index in [2.05, 4.69) is 39.1 Å². The Balaban J connectivity index is 2.37. The molecule has 0 aliphatic rings. The van der Waals surface area contributed by atoms with Gasteiger partial charge in [0.15, 0.2) is 12.6 Å². The van der Waals surface area contributed by atoms with Gasteiger partial charge in [0.2, 0.25) is 0 Å². The Kier molecular flexibility index (Phi) is 9.12. The third-order valence-electron chi connectivity index (χ3n) is 3.62. The molecule has 1 aromatic rings. The minimum Gasteiger partial charge on any atom is -0.484 e. The van der Waals surface area contributed by atoms with Crippen molar-refractivity contribution in [2.75, 3.05) is 39.8 Å². The molecule has 0 aliphatic carbocycles. The van der Waals surface area contributed by atoms with E-state index in [0.29, 0.717) is 12.5 Å². The number of hydrogen-bond acceptors (Lipinski definition) is 3. The molecule has 25 heavy (non-hydrogen) atoms. The van der Waals surface area contributed by atoms with Crippen LogP contribution in [0.4, 0.5) is 13.2 Å². The molecule has 0 spiro atoms. The van der Waals surface area contributed by atoms with Gasteiger partial charge in [-0.15, -0.1) is 0 Å². The highest BCUT2D eigenvalue weighted by Gasteiger charge is 2.28. The second-order valence-electron chi connectivity index (χ2n) is 5.43. The van der Waals surface area contributed by atoms with Crippen molar-refractivity contribution < 1.29 is 17.9 Å². The summed E-state index contributed by atoms with van der Waals surface area (Å²) >= 11 is 0. The molecule has 0 aromatic heterocycles. The molecule has 0 unspecified atom stereocenters. The number of hydrogen-bond donors (Lipinski definition) is 2. The number of rotatable bonds is 9. The molecule has 1 rings (SSSR count). The fraction of sp³-hybridized carbons (Fsp3) is 0.588. The second kappa shape index (κ2) is 10.8. The van der Waals surface area contributed by atoms with Gasteiger partial charge in [0.25, 0.3) is 0 Å². The molecule has 2 N–H and O–H groups in total. The zero-order valence-electron chi connectivity index (χ0n) is 15.0. The molecular formula is C17H27F3N4O. The highest BCUT2D eigenvalue weighted by molar-refractivity contribution is 5.79. The van der Waals surface area contributed by atoms with E-state index >= 15 is 0 Å². The molecule has 8 heteroatoms. The second-order valence-corrected chi connectivity index (χ2v) is 5.43. The smallest absolute Gasteiger partial charge is 0.422 e. The molecular weight excluding hydrogens is 333 g/mol. The average molecular weight is 360 g/mol. The number of guanidine groups is 1. The minimum atomic E-state index is -4.33. The predicted octanol–water partition coefficient (Wildman–Crippen LogP) is 2.63. The monoisotopic (exact) mass is 360 g/mol. The van der Waals surface area contributed by atoms with Crippen molar-refractivity contribution in [3.63, 3.8) is 0 Å². The first kappa shape index (κ1) is 21.1. The maximum absolute atomic E-state index is 12.1. The number of nitrogens with one attached hydrogen (secondary N) is 2. The third-order valence-corrected chi connectivity index (χ3v) is 3.62. The van der Waals surface area contributed by atoms with Crippen molar-refractivity contribution in [3.8, 4) is 5.75 Å². The van der Waals surface area contributed by atoms with Gasteiger partial charge in [-0.2, -0.15) is 13.2 Å². The van der Waals surface area contributed by atoms with Gasteiger partial charge in [-0.1, -0.05) is 26.0 Å². The summed E-state index contributed by atoms with van der Waals surface area (Å²) in [7, 11) is 1.70. The van der Waals surface area contributed by atoms with E-state index in [0.717, 1.165) is 31.7 Å². The Bertz CT molecular complexity index is 514. The van der Waals surface area contributed by atoms with Crippen molar-refractivity contribution >= 4 is 5.96 Å². The summed E-state index contributed by atoms with van der Waals surface area (Å²) in [6.07, 6.45) is -4.33. The maximum atomic E-state index is 12.1. The fourth-order valence-corrected chi connectivity index (χ4v) is 2.15. The normalized spacial score (nSPS) is 12.4. The van der Waals surface area contributed by atoms with E-state index in [1.54, 1.807) is 19.2 Å². The molecule has 0 saturated heterocycles. The van der Waals surface area contributed by atoms with Gasteiger partial charge in [-0.05, 0) is 30.8 Å². The lowest BCUT2D eigenvalue weighted by atomic mass is 10.2. The molecule has 0 fully saturated rings. The van der Waals surface area contributed by atoms with Crippen LogP contribution in [0, 0.1) is 0 Å². The molecule has 0 atom stereocenters. The van der Waals surface area contributed by atoms with Gasteiger partial charge in [0, 0.05) is 26.7 Å². The first-order valence-corrected chi connectivity index (χ1v) is 8.33. The van der Waals surface area contributed by atoms with E-state index < -0.39 is 12.8 Å². The number of alkyl halides is 3. The van der Waals surface area contributed by atoms with Gasteiger partial charge in [0.05, 0.1) is 0 Å². The van der Waals surface area contributed by atoms with Crippen LogP contribution in [-0.4, -0.2) is 56.9 Å². The number of likely N-dealkylation sites (N-methyl/N-ethyl adjacent to an activating group) is 1. The third kappa shape index (κ3) is 9.19. The SMILES string of the molecule is CCN(CC)CCNC(=NC)NCc1ccc(OCC(F)(F)F)cc1. The summed E-state index contributed by atoms with van der Waals surface area (Å²) in [4.78, 5) is 6.46. The molecule has 0 saturated carbocycles. The number of ether oxygens (including phenoxy) is 1. The van der Waals surface area contributed by atoms with Crippen molar-refractivity contribution in [2.24, 2.45) is 4.99 Å². The summed E-state index contributed by atoms with van der Waals surface area (Å²) in [6.45, 7) is 7.21. The van der Waals surface area contributed by atoms with Crippen molar-refractivity contribution in [2.45, 2.75) is 26.6 Å². The summed E-state index contributed by atoms with van der Waals surface area (Å²) in [5.41, 5.74) is 0.922. The van der Waals surface area contributed by atoms with Gasteiger partial charge >= 0.3 is 6.18 Å². The quantitative estimate of drug-likeness (QED) is 0.525. The molecule has 0 heterocycles. The number of benzene rings is 1. The van der Waals surface area contributed by atoms with Crippen molar-refractivity contribution in [1.29, 1.82) is 0 Å². The van der Waals surface area contributed by atoms with Crippen LogP contribution in [0.15, 0.2) is 29.3 Å². The van der Waals surface area contributed by atoms with Gasteiger partial charge in [0.1, 0.15) is 5.75 Å². The summed E-state index contributed by atoms with van der Waals surface area (Å²) in [5, 5.41) is 6.41. The van der Waals surface area contributed by atoms with Gasteiger partial charge < -0.3 is 20.3 Å². The fourth-order valence-electron chi connectivity index (χ4n) is 2.15. The summed E-state index contributed by atoms with van der Waals surface area (Å²) in [6, 6.07) is 6.50. The lowest BCUT2D eigenvalue weighted by Gasteiger charge is -2.19. The van der Waals surface area contributed by atoms with E-state index in [9.17, 15) is 13.2 Å². The van der Waals surface area contributed by atoms with Crippen LogP contribution in [0.2, 0.25) is 0 Å². The average Bonchev–Trinajstić information content (AvgIpc) is 2.60. The maximum Gasteiger partial charge on any atom is 0.422 e. The number of nitrogens with zero attached hydrogens (tertiary/aromatic N) is 2. The van der Waals surface area contributed by atoms with Crippen LogP contribution in [0.25, 0.3) is 0 Å². The lowest BCUT2D eigenvalue weighted by Crippen LogP contribution is -2.41. The molecule has 0 radical (unpaired) electrons. The zero-order valence-corrected chi connectivity index (χ0v) is 15.0. The molecule has 0 aliphatic heterocycles. The minimum absolute atomic E-state index is 0.197. The Morgan fingerprint density at radius 1 is 1.12 bits per heavy atom. The standard InChI is InChI=1S/C17H27F3N4O/c1-4-24(5-2)11-10-22-16(21-3)23-12-14-6-8-15(9-7-14)25-13-17(18,19)20/h6-9H,4-5,10-13H2,1-3H3,(H2,21,22,23). The topological polar surface area (TPSA) is 48.9 Å². The molecule has 142 valence electrons. The van der Waals surface area contributed by atoms with Crippen molar-refractivity contribution in [1.82, 2.24) is 15.5 Å². The predicted molar refractivity (Wildman–Crippen MR) is 94.0 cm³/mol. The lowest BCUT2D eigenvalue weighted by molar-refractivity contribution is -0.153. The first-order chi connectivity index (χ1) is 11.9. The molecule has 0 bridgehead atoms. The number of halogens is 3. The summed E-state index contributed by atoms with van der Waals surface area (Å²) in [5.74, 6) is 0.882. The largest absolute Gasteiger partial charge is 0.484 e. The van der Waals surface area contributed by atoms with Gasteiger partial charge in [-0.3, -0.25) is 4.99 Å². The number of aliphatic imine (C=N–C) groups is 1. The highest BCUT2D eigenvalue weighted by Crippen LogP contribution is 2.18. The van der Waals surface area contributed by atoms with Crippen molar-refractivity contribution in [3.05, 3.63) is 29.8 Å². The van der Waals surface area contributed by atoms with Crippen LogP contribution >= 0.6 is 0 Å². The van der Waals surface area contributed by atoms with Crippen LogP contribution < -0.4 is 15.4 Å². The van der Waals surface area contributed by atoms with Gasteiger partial charge in [-0.25, -0.2) is 0 Å². The van der Waals surface area contributed by atoms with Crippen LogP contribution in [-0.2, 0) is 6.54 Å². The van der Waals surface area contributed by atoms with Crippen LogP contribution in [0.3, 0.4) is 0 Å². The molecule has 5 nitrogen and oxygen atoms in total. The Morgan fingerprint density at radius 3 is 2.28 bits per heavy atom. The van der Waals surface area contributed by atoms with E-state index in [1.807, 2.05) is 0 Å². The summed E-state index contributed by atoms with van der Waals surface area (Å²) < 4.78 is 41.0. The van der Waals surface area contributed by atoms with Crippen LogP contribution in [0.1, 0.15) is 19.4 Å².